The monoisotopic (exact) mass is 278 g/mol. The first-order chi connectivity index (χ1) is 10.3. The lowest BCUT2D eigenvalue weighted by molar-refractivity contribution is 0.441. The Balaban J connectivity index is 1.84. The summed E-state index contributed by atoms with van der Waals surface area (Å²) in [7, 11) is 0. The molecule has 0 saturated carbocycles. The first-order valence-corrected chi connectivity index (χ1v) is 7.13. The third-order valence-electron chi connectivity index (χ3n) is 3.40. The summed E-state index contributed by atoms with van der Waals surface area (Å²) in [4.78, 5) is 6.56. The normalized spacial score (nSPS) is 15.5. The number of hydrogen-bond donors (Lipinski definition) is 0. The molecule has 1 aliphatic heterocycles. The van der Waals surface area contributed by atoms with Crippen LogP contribution in [-0.2, 0) is 0 Å². The molecule has 0 atom stereocenters. The van der Waals surface area contributed by atoms with Crippen LogP contribution in [0.5, 0.6) is 5.75 Å². The van der Waals surface area contributed by atoms with Crippen molar-refractivity contribution in [3.8, 4) is 5.75 Å². The van der Waals surface area contributed by atoms with E-state index < -0.39 is 0 Å². The molecule has 0 aromatic heterocycles. The molecule has 0 radical (unpaired) electrons. The Bertz CT molecular complexity index is 690. The molecule has 106 valence electrons. The highest BCUT2D eigenvalue weighted by atomic mass is 16.5. The van der Waals surface area contributed by atoms with Crippen LogP contribution in [0, 0.1) is 6.92 Å². The average molecular weight is 278 g/mol. The van der Waals surface area contributed by atoms with Gasteiger partial charge in [0.25, 0.3) is 0 Å². The fraction of sp³-hybridized carbons (Fsp3) is 0.167. The third-order valence-corrected chi connectivity index (χ3v) is 3.40. The van der Waals surface area contributed by atoms with Crippen LogP contribution in [-0.4, -0.2) is 12.8 Å². The number of aryl methyl sites for hydroxylation is 1. The number of benzene rings is 2. The molecule has 1 heterocycles. The van der Waals surface area contributed by atoms with Crippen molar-refractivity contribution in [2.75, 3.05) is 11.4 Å². The molecule has 3 heteroatoms. The Kier molecular flexibility index (Phi) is 3.73. The molecule has 0 bridgehead atoms. The zero-order chi connectivity index (χ0) is 14.7. The molecule has 3 nitrogen and oxygen atoms in total. The lowest BCUT2D eigenvalue weighted by Gasteiger charge is -2.15. The van der Waals surface area contributed by atoms with Gasteiger partial charge in [0.1, 0.15) is 0 Å². The smallest absolute Gasteiger partial charge is 0.202 e. The van der Waals surface area contributed by atoms with Crippen LogP contribution in [0.15, 0.2) is 65.5 Å². The van der Waals surface area contributed by atoms with Crippen molar-refractivity contribution < 1.29 is 4.74 Å². The Morgan fingerprint density at radius 3 is 2.71 bits per heavy atom. The summed E-state index contributed by atoms with van der Waals surface area (Å²) in [5, 5.41) is 0. The highest BCUT2D eigenvalue weighted by Gasteiger charge is 2.24. The number of fused-ring (bicyclic) bond motifs is 1. The Labute approximate surface area is 125 Å². The minimum atomic E-state index is 0.817. The molecule has 0 unspecified atom stereocenters. The van der Waals surface area contributed by atoms with Crippen molar-refractivity contribution in [3.63, 3.8) is 0 Å². The number of para-hydroxylation sites is 1. The van der Waals surface area contributed by atoms with Gasteiger partial charge in [0.05, 0.1) is 11.4 Å². The maximum atomic E-state index is 5.90. The molecule has 1 aliphatic rings. The number of nitrogens with zero attached hydrogens (tertiary/aromatic N) is 2. The lowest BCUT2D eigenvalue weighted by Crippen LogP contribution is -2.19. The van der Waals surface area contributed by atoms with E-state index in [2.05, 4.69) is 35.9 Å². The van der Waals surface area contributed by atoms with Gasteiger partial charge in [-0.2, -0.15) is 0 Å². The van der Waals surface area contributed by atoms with E-state index in [1.165, 1.54) is 5.56 Å². The van der Waals surface area contributed by atoms with Crippen LogP contribution < -0.4 is 9.64 Å². The highest BCUT2D eigenvalue weighted by molar-refractivity contribution is 5.78. The predicted octanol–water partition coefficient (Wildman–Crippen LogP) is 4.46. The van der Waals surface area contributed by atoms with Crippen LogP contribution >= 0.6 is 0 Å². The molecule has 0 saturated heterocycles. The number of aliphatic imine (C=N–C) groups is 1. The maximum absolute atomic E-state index is 5.90. The van der Waals surface area contributed by atoms with Gasteiger partial charge < -0.3 is 9.64 Å². The van der Waals surface area contributed by atoms with Crippen molar-refractivity contribution in [2.24, 2.45) is 4.99 Å². The van der Waals surface area contributed by atoms with Crippen molar-refractivity contribution >= 4 is 17.6 Å². The van der Waals surface area contributed by atoms with Gasteiger partial charge in [0.2, 0.25) is 5.88 Å². The van der Waals surface area contributed by atoms with E-state index in [1.54, 1.807) is 6.21 Å². The summed E-state index contributed by atoms with van der Waals surface area (Å²) in [5.41, 5.74) is 3.29. The fourth-order valence-electron chi connectivity index (χ4n) is 2.36. The molecule has 21 heavy (non-hydrogen) atoms. The standard InChI is InChI=1S/C18H18N2O/c1-3-20-16-13-14(2)9-10-17(16)21-18(20)11-12-19-15-7-5-4-6-8-15/h4-13H,3H2,1-2H3. The molecular weight excluding hydrogens is 260 g/mol. The van der Waals surface area contributed by atoms with Gasteiger partial charge in [-0.3, -0.25) is 4.99 Å². The largest absolute Gasteiger partial charge is 0.439 e. The summed E-state index contributed by atoms with van der Waals surface area (Å²) < 4.78 is 5.90. The minimum Gasteiger partial charge on any atom is -0.439 e. The van der Waals surface area contributed by atoms with Gasteiger partial charge in [-0.1, -0.05) is 24.3 Å². The van der Waals surface area contributed by atoms with Crippen LogP contribution in [0.3, 0.4) is 0 Å². The minimum absolute atomic E-state index is 0.817. The highest BCUT2D eigenvalue weighted by Crippen LogP contribution is 2.39. The van der Waals surface area contributed by atoms with E-state index in [4.69, 9.17) is 4.74 Å². The van der Waals surface area contributed by atoms with Gasteiger partial charge in [0, 0.05) is 18.8 Å². The predicted molar refractivity (Wildman–Crippen MR) is 87.5 cm³/mol. The molecule has 0 N–H and O–H groups in total. The number of rotatable bonds is 3. The Hall–Kier alpha value is -2.55. The summed E-state index contributed by atoms with van der Waals surface area (Å²) in [6.45, 7) is 5.07. The van der Waals surface area contributed by atoms with Gasteiger partial charge in [-0.05, 0) is 43.7 Å². The van der Waals surface area contributed by atoms with E-state index >= 15 is 0 Å². The summed E-state index contributed by atoms with van der Waals surface area (Å²) >= 11 is 0. The van der Waals surface area contributed by atoms with Crippen LogP contribution in [0.4, 0.5) is 11.4 Å². The lowest BCUT2D eigenvalue weighted by atomic mass is 10.2. The maximum Gasteiger partial charge on any atom is 0.202 e. The van der Waals surface area contributed by atoms with E-state index in [9.17, 15) is 0 Å². The molecule has 2 aromatic rings. The molecule has 0 aliphatic carbocycles. The zero-order valence-corrected chi connectivity index (χ0v) is 12.3. The van der Waals surface area contributed by atoms with Gasteiger partial charge in [-0.25, -0.2) is 0 Å². The zero-order valence-electron chi connectivity index (χ0n) is 12.3. The quantitative estimate of drug-likeness (QED) is 0.774. The molecule has 0 spiro atoms. The Morgan fingerprint density at radius 1 is 1.14 bits per heavy atom. The van der Waals surface area contributed by atoms with Crippen molar-refractivity contribution in [3.05, 3.63) is 66.1 Å². The second-order valence-corrected chi connectivity index (χ2v) is 4.94. The van der Waals surface area contributed by atoms with Gasteiger partial charge >= 0.3 is 0 Å². The topological polar surface area (TPSA) is 24.8 Å². The summed E-state index contributed by atoms with van der Waals surface area (Å²) in [6, 6.07) is 16.1. The van der Waals surface area contributed by atoms with E-state index in [1.807, 2.05) is 42.5 Å². The van der Waals surface area contributed by atoms with E-state index in [-0.39, 0.29) is 0 Å². The van der Waals surface area contributed by atoms with E-state index in [0.717, 1.165) is 29.6 Å². The number of hydrogen-bond acceptors (Lipinski definition) is 3. The van der Waals surface area contributed by atoms with Crippen molar-refractivity contribution in [1.82, 2.24) is 0 Å². The summed E-state index contributed by atoms with van der Waals surface area (Å²) in [5.74, 6) is 1.72. The molecule has 0 fully saturated rings. The number of anilines is 1. The van der Waals surface area contributed by atoms with Crippen molar-refractivity contribution in [2.45, 2.75) is 13.8 Å². The molecule has 0 amide bonds. The van der Waals surface area contributed by atoms with Crippen LogP contribution in [0.25, 0.3) is 0 Å². The van der Waals surface area contributed by atoms with Crippen molar-refractivity contribution in [1.29, 1.82) is 0 Å². The molecule has 2 aromatic carbocycles. The second kappa shape index (κ2) is 5.83. The van der Waals surface area contributed by atoms with E-state index in [0.29, 0.717) is 0 Å². The van der Waals surface area contributed by atoms with Gasteiger partial charge in [0.15, 0.2) is 5.75 Å². The van der Waals surface area contributed by atoms with Crippen LogP contribution in [0.2, 0.25) is 0 Å². The second-order valence-electron chi connectivity index (χ2n) is 4.94. The third kappa shape index (κ3) is 2.82. The first kappa shape index (κ1) is 13.4. The van der Waals surface area contributed by atoms with Gasteiger partial charge in [-0.15, -0.1) is 0 Å². The van der Waals surface area contributed by atoms with Crippen LogP contribution in [0.1, 0.15) is 12.5 Å². The summed E-state index contributed by atoms with van der Waals surface area (Å²) in [6.07, 6.45) is 3.69. The Morgan fingerprint density at radius 2 is 1.95 bits per heavy atom. The average Bonchev–Trinajstić information content (AvgIpc) is 2.85. The first-order valence-electron chi connectivity index (χ1n) is 7.13. The number of allylic oxidation sites excluding steroid dienone is 1. The fourth-order valence-corrected chi connectivity index (χ4v) is 2.36. The SMILES string of the molecule is CCN1C(=CC=Nc2ccccc2)Oc2ccc(C)cc21. The molecule has 3 rings (SSSR count). The number of ether oxygens (including phenoxy) is 1. The molecular formula is C18H18N2O.